The van der Waals surface area contributed by atoms with E-state index in [0.717, 1.165) is 29.7 Å². The minimum absolute atomic E-state index is 0. The van der Waals surface area contributed by atoms with Crippen LogP contribution in [0, 0.1) is 0 Å². The van der Waals surface area contributed by atoms with Crippen LogP contribution >= 0.6 is 12.4 Å². The van der Waals surface area contributed by atoms with Gasteiger partial charge in [-0.3, -0.25) is 14.6 Å². The van der Waals surface area contributed by atoms with Gasteiger partial charge in [0.2, 0.25) is 11.8 Å². The van der Waals surface area contributed by atoms with Crippen LogP contribution in [0.15, 0.2) is 48.5 Å². The Labute approximate surface area is 201 Å². The van der Waals surface area contributed by atoms with Gasteiger partial charge in [-0.25, -0.2) is 5.01 Å². The lowest BCUT2D eigenvalue weighted by molar-refractivity contribution is -0.143. The second-order valence-corrected chi connectivity index (χ2v) is 8.44. The van der Waals surface area contributed by atoms with Crippen molar-refractivity contribution >= 4 is 24.2 Å². The molecule has 8 heteroatoms. The third kappa shape index (κ3) is 5.97. The number of hydrogen-bond donors (Lipinski definition) is 1. The molecule has 33 heavy (non-hydrogen) atoms. The Balaban J connectivity index is 0.00000306. The number of ether oxygens (including phenoxy) is 2. The first-order chi connectivity index (χ1) is 15.5. The lowest BCUT2D eigenvalue weighted by atomic mass is 10.0. The molecule has 4 rings (SSSR count). The molecule has 178 valence electrons. The predicted octanol–water partition coefficient (Wildman–Crippen LogP) is 3.88. The number of nitrogens with zero attached hydrogens (tertiary/aromatic N) is 2. The van der Waals surface area contributed by atoms with Crippen molar-refractivity contribution in [2.75, 3.05) is 20.7 Å². The Hall–Kier alpha value is -2.77. The molecule has 2 aromatic carbocycles. The van der Waals surface area contributed by atoms with E-state index >= 15 is 0 Å². The molecule has 0 aromatic heterocycles. The molecule has 0 radical (unpaired) electrons. The normalized spacial score (nSPS) is 18.8. The highest BCUT2D eigenvalue weighted by molar-refractivity contribution is 5.86. The molecule has 1 unspecified atom stereocenters. The molecule has 1 saturated heterocycles. The van der Waals surface area contributed by atoms with Crippen LogP contribution in [0.3, 0.4) is 0 Å². The SMILES string of the molecule is COc1ccc(C2CC(=O)N(CC(=O)NCc3ccccc3)N2C)cc1OC1CCCC1.Cl. The molecule has 0 bridgehead atoms. The van der Waals surface area contributed by atoms with Gasteiger partial charge in [-0.1, -0.05) is 36.4 Å². The van der Waals surface area contributed by atoms with Crippen molar-refractivity contribution in [3.8, 4) is 11.5 Å². The van der Waals surface area contributed by atoms with Gasteiger partial charge >= 0.3 is 0 Å². The molecule has 2 aromatic rings. The largest absolute Gasteiger partial charge is 0.493 e. The molecule has 1 N–H and O–H groups in total. The summed E-state index contributed by atoms with van der Waals surface area (Å²) in [5.41, 5.74) is 2.00. The maximum absolute atomic E-state index is 12.7. The fourth-order valence-electron chi connectivity index (χ4n) is 4.45. The summed E-state index contributed by atoms with van der Waals surface area (Å²) in [6, 6.07) is 15.4. The van der Waals surface area contributed by atoms with Crippen molar-refractivity contribution in [3.05, 3.63) is 59.7 Å². The lowest BCUT2D eigenvalue weighted by Gasteiger charge is -2.28. The third-order valence-corrected chi connectivity index (χ3v) is 6.28. The van der Waals surface area contributed by atoms with Gasteiger partial charge in [-0.2, -0.15) is 0 Å². The Morgan fingerprint density at radius 2 is 1.82 bits per heavy atom. The first kappa shape index (κ1) is 24.9. The van der Waals surface area contributed by atoms with Crippen LogP contribution in [0.2, 0.25) is 0 Å². The van der Waals surface area contributed by atoms with Gasteiger partial charge in [0.05, 0.1) is 19.3 Å². The molecule has 1 heterocycles. The summed E-state index contributed by atoms with van der Waals surface area (Å²) >= 11 is 0. The topological polar surface area (TPSA) is 71.1 Å². The molecular formula is C25H32ClN3O4. The summed E-state index contributed by atoms with van der Waals surface area (Å²) in [6.07, 6.45) is 5.02. The molecule has 2 fully saturated rings. The van der Waals surface area contributed by atoms with Crippen molar-refractivity contribution in [2.24, 2.45) is 0 Å². The van der Waals surface area contributed by atoms with Crippen molar-refractivity contribution < 1.29 is 19.1 Å². The van der Waals surface area contributed by atoms with Crippen LogP contribution < -0.4 is 14.8 Å². The quantitative estimate of drug-likeness (QED) is 0.630. The zero-order chi connectivity index (χ0) is 22.5. The molecule has 7 nitrogen and oxygen atoms in total. The third-order valence-electron chi connectivity index (χ3n) is 6.28. The summed E-state index contributed by atoms with van der Waals surface area (Å²) in [7, 11) is 3.49. The molecule has 2 amide bonds. The number of carbonyl (C=O) groups excluding carboxylic acids is 2. The van der Waals surface area contributed by atoms with Gasteiger partial charge < -0.3 is 14.8 Å². The fourth-order valence-corrected chi connectivity index (χ4v) is 4.45. The lowest BCUT2D eigenvalue weighted by Crippen LogP contribution is -2.44. The van der Waals surface area contributed by atoms with E-state index in [1.165, 1.54) is 17.9 Å². The van der Waals surface area contributed by atoms with E-state index in [9.17, 15) is 9.59 Å². The number of hydrogen-bond acceptors (Lipinski definition) is 5. The number of nitrogens with one attached hydrogen (secondary N) is 1. The molecule has 1 aliphatic heterocycles. The van der Waals surface area contributed by atoms with Gasteiger partial charge in [0.1, 0.15) is 6.54 Å². The molecule has 0 spiro atoms. The summed E-state index contributed by atoms with van der Waals surface area (Å²) in [4.78, 5) is 25.2. The van der Waals surface area contributed by atoms with Gasteiger partial charge in [0.15, 0.2) is 11.5 Å². The van der Waals surface area contributed by atoms with Crippen LogP contribution in [0.5, 0.6) is 11.5 Å². The zero-order valence-corrected chi connectivity index (χ0v) is 20.0. The monoisotopic (exact) mass is 473 g/mol. The second kappa shape index (κ2) is 11.4. The highest BCUT2D eigenvalue weighted by atomic mass is 35.5. The number of carbonyl (C=O) groups is 2. The number of rotatable bonds is 8. The smallest absolute Gasteiger partial charge is 0.241 e. The first-order valence-electron chi connectivity index (χ1n) is 11.2. The Bertz CT molecular complexity index is 950. The molecule has 1 aliphatic carbocycles. The van der Waals surface area contributed by atoms with E-state index in [-0.39, 0.29) is 42.9 Å². The number of benzene rings is 2. The minimum Gasteiger partial charge on any atom is -0.493 e. The van der Waals surface area contributed by atoms with E-state index in [1.807, 2.05) is 60.6 Å². The Morgan fingerprint density at radius 1 is 1.09 bits per heavy atom. The average Bonchev–Trinajstić information content (AvgIpc) is 3.42. The fraction of sp³-hybridized carbons (Fsp3) is 0.440. The van der Waals surface area contributed by atoms with Crippen molar-refractivity contribution in [3.63, 3.8) is 0 Å². The maximum atomic E-state index is 12.7. The minimum atomic E-state index is -0.185. The van der Waals surface area contributed by atoms with Crippen LogP contribution in [-0.2, 0) is 16.1 Å². The highest BCUT2D eigenvalue weighted by Gasteiger charge is 2.37. The molecule has 1 atom stereocenters. The van der Waals surface area contributed by atoms with Crippen LogP contribution in [0.1, 0.15) is 49.3 Å². The predicted molar refractivity (Wildman–Crippen MR) is 128 cm³/mol. The van der Waals surface area contributed by atoms with Gasteiger partial charge in [-0.05, 0) is 48.9 Å². The van der Waals surface area contributed by atoms with Gasteiger partial charge in [-0.15, -0.1) is 12.4 Å². The van der Waals surface area contributed by atoms with E-state index in [4.69, 9.17) is 9.47 Å². The van der Waals surface area contributed by atoms with E-state index in [0.29, 0.717) is 18.7 Å². The summed E-state index contributed by atoms with van der Waals surface area (Å²) in [5.74, 6) is 1.16. The van der Waals surface area contributed by atoms with E-state index in [2.05, 4.69) is 5.32 Å². The maximum Gasteiger partial charge on any atom is 0.241 e. The number of halogens is 1. The Morgan fingerprint density at radius 3 is 2.52 bits per heavy atom. The highest BCUT2D eigenvalue weighted by Crippen LogP contribution is 2.38. The van der Waals surface area contributed by atoms with Crippen LogP contribution in [0.4, 0.5) is 0 Å². The number of amides is 2. The number of methoxy groups -OCH3 is 1. The summed E-state index contributed by atoms with van der Waals surface area (Å²) < 4.78 is 11.7. The molecule has 2 aliphatic rings. The zero-order valence-electron chi connectivity index (χ0n) is 19.2. The van der Waals surface area contributed by atoms with Gasteiger partial charge in [0, 0.05) is 20.0 Å². The Kier molecular flexibility index (Phi) is 8.58. The van der Waals surface area contributed by atoms with Crippen molar-refractivity contribution in [1.82, 2.24) is 15.3 Å². The number of hydrazine groups is 1. The average molecular weight is 474 g/mol. The summed E-state index contributed by atoms with van der Waals surface area (Å²) in [5, 5.41) is 6.26. The molecular weight excluding hydrogens is 442 g/mol. The first-order valence-corrected chi connectivity index (χ1v) is 11.2. The summed E-state index contributed by atoms with van der Waals surface area (Å²) in [6.45, 7) is 0.440. The van der Waals surface area contributed by atoms with Gasteiger partial charge in [0.25, 0.3) is 0 Å². The standard InChI is InChI=1S/C25H31N3O4.ClH/c1-27-21(19-12-13-22(31-2)23(14-19)32-20-10-6-7-11-20)15-25(30)28(27)17-24(29)26-16-18-8-4-3-5-9-18;/h3-5,8-9,12-14,20-21H,6-7,10-11,15-17H2,1-2H3,(H,26,29);1H. The van der Waals surface area contributed by atoms with E-state index < -0.39 is 0 Å². The van der Waals surface area contributed by atoms with Crippen LogP contribution in [0.25, 0.3) is 0 Å². The van der Waals surface area contributed by atoms with E-state index in [1.54, 1.807) is 7.11 Å². The van der Waals surface area contributed by atoms with Crippen molar-refractivity contribution in [2.45, 2.75) is 50.8 Å². The second-order valence-electron chi connectivity index (χ2n) is 8.44. The molecule has 1 saturated carbocycles. The van der Waals surface area contributed by atoms with Crippen LogP contribution in [-0.4, -0.2) is 48.6 Å². The van der Waals surface area contributed by atoms with Crippen molar-refractivity contribution in [1.29, 1.82) is 0 Å².